The number of benzene rings is 1. The second kappa shape index (κ2) is 12.7. The van der Waals surface area contributed by atoms with Gasteiger partial charge in [0.25, 0.3) is 0 Å². The molecule has 4 heteroatoms. The lowest BCUT2D eigenvalue weighted by molar-refractivity contribution is 0.106. The minimum atomic E-state index is -0.463. The topological polar surface area (TPSA) is 41.5 Å². The van der Waals surface area contributed by atoms with E-state index in [1.54, 1.807) is 11.8 Å². The van der Waals surface area contributed by atoms with Crippen LogP contribution in [0.25, 0.3) is 0 Å². The molecular formula is C19H33NO2S. The Morgan fingerprint density at radius 1 is 1.17 bits per heavy atom. The molecule has 0 saturated carbocycles. The van der Waals surface area contributed by atoms with Crippen LogP contribution in [0.2, 0.25) is 0 Å². The van der Waals surface area contributed by atoms with Crippen LogP contribution in [0.1, 0.15) is 51.0 Å². The standard InChI is InChI=1S/C19H33NO2S/c1-4-5-6-7-8-9-12-20-14-17(21)15-22-19-11-10-18(23-3)13-16(19)2/h10-11,13,17,20-21H,4-9,12,14-15H2,1-3H3. The molecule has 3 nitrogen and oxygen atoms in total. The molecule has 0 radical (unpaired) electrons. The van der Waals surface area contributed by atoms with E-state index in [0.29, 0.717) is 13.2 Å². The molecule has 0 aliphatic heterocycles. The van der Waals surface area contributed by atoms with Crippen LogP contribution in [0.5, 0.6) is 5.75 Å². The van der Waals surface area contributed by atoms with E-state index in [1.807, 2.05) is 13.0 Å². The van der Waals surface area contributed by atoms with Gasteiger partial charge in [-0.2, -0.15) is 0 Å². The fourth-order valence-corrected chi connectivity index (χ4v) is 2.95. The summed E-state index contributed by atoms with van der Waals surface area (Å²) in [5.41, 5.74) is 1.11. The van der Waals surface area contributed by atoms with Crippen molar-refractivity contribution in [3.63, 3.8) is 0 Å². The van der Waals surface area contributed by atoms with Gasteiger partial charge in [-0.25, -0.2) is 0 Å². The van der Waals surface area contributed by atoms with E-state index in [4.69, 9.17) is 4.74 Å². The zero-order chi connectivity index (χ0) is 16.9. The first-order chi connectivity index (χ1) is 11.2. The number of ether oxygens (including phenoxy) is 1. The Labute approximate surface area is 146 Å². The molecule has 1 aromatic rings. The average molecular weight is 340 g/mol. The van der Waals surface area contributed by atoms with Crippen LogP contribution in [0.4, 0.5) is 0 Å². The second-order valence-electron chi connectivity index (χ2n) is 6.07. The lowest BCUT2D eigenvalue weighted by atomic mass is 10.1. The average Bonchev–Trinajstić information content (AvgIpc) is 2.56. The fourth-order valence-electron chi connectivity index (χ4n) is 2.45. The van der Waals surface area contributed by atoms with Crippen molar-refractivity contribution in [1.82, 2.24) is 5.32 Å². The molecule has 0 aliphatic rings. The molecule has 2 N–H and O–H groups in total. The molecule has 132 valence electrons. The van der Waals surface area contributed by atoms with Gasteiger partial charge in [0.2, 0.25) is 0 Å². The van der Waals surface area contributed by atoms with Crippen molar-refractivity contribution < 1.29 is 9.84 Å². The van der Waals surface area contributed by atoms with E-state index in [-0.39, 0.29) is 0 Å². The van der Waals surface area contributed by atoms with Crippen molar-refractivity contribution in [2.75, 3.05) is 26.0 Å². The highest BCUT2D eigenvalue weighted by atomic mass is 32.2. The van der Waals surface area contributed by atoms with Crippen molar-refractivity contribution in [3.05, 3.63) is 23.8 Å². The normalized spacial score (nSPS) is 12.3. The van der Waals surface area contributed by atoms with Gasteiger partial charge in [0.15, 0.2) is 0 Å². The number of hydrogen-bond donors (Lipinski definition) is 2. The molecule has 0 saturated heterocycles. The van der Waals surface area contributed by atoms with Crippen molar-refractivity contribution in [3.8, 4) is 5.75 Å². The second-order valence-corrected chi connectivity index (χ2v) is 6.95. The minimum absolute atomic E-state index is 0.336. The Bertz CT molecular complexity index is 426. The zero-order valence-electron chi connectivity index (χ0n) is 14.9. The quantitative estimate of drug-likeness (QED) is 0.413. The highest BCUT2D eigenvalue weighted by Crippen LogP contribution is 2.24. The SMILES string of the molecule is CCCCCCCCNCC(O)COc1ccc(SC)cc1C. The van der Waals surface area contributed by atoms with Crippen LogP contribution in [-0.4, -0.2) is 37.2 Å². The molecular weight excluding hydrogens is 306 g/mol. The van der Waals surface area contributed by atoms with E-state index in [9.17, 15) is 5.11 Å². The van der Waals surface area contributed by atoms with Crippen LogP contribution in [0.15, 0.2) is 23.1 Å². The molecule has 23 heavy (non-hydrogen) atoms. The predicted octanol–water partition coefficient (Wildman–Crippen LogP) is 4.41. The van der Waals surface area contributed by atoms with Crippen LogP contribution < -0.4 is 10.1 Å². The molecule has 0 fully saturated rings. The van der Waals surface area contributed by atoms with Crippen LogP contribution in [-0.2, 0) is 0 Å². The monoisotopic (exact) mass is 339 g/mol. The van der Waals surface area contributed by atoms with Gasteiger partial charge in [-0.15, -0.1) is 11.8 Å². The maximum atomic E-state index is 9.98. The molecule has 0 amide bonds. The van der Waals surface area contributed by atoms with Crippen LogP contribution in [0, 0.1) is 6.92 Å². The molecule has 1 rings (SSSR count). The third-order valence-electron chi connectivity index (χ3n) is 3.90. The molecule has 1 aromatic carbocycles. The first kappa shape index (κ1) is 20.3. The van der Waals surface area contributed by atoms with Crippen molar-refractivity contribution in [2.45, 2.75) is 63.4 Å². The number of aliphatic hydroxyl groups is 1. The summed E-state index contributed by atoms with van der Waals surface area (Å²) in [5.74, 6) is 0.859. The Balaban J connectivity index is 2.09. The number of thioether (sulfide) groups is 1. The van der Waals surface area contributed by atoms with E-state index in [1.165, 1.54) is 43.4 Å². The number of aryl methyl sites for hydroxylation is 1. The summed E-state index contributed by atoms with van der Waals surface area (Å²) in [6.45, 7) is 6.19. The molecule has 1 unspecified atom stereocenters. The summed E-state index contributed by atoms with van der Waals surface area (Å²) in [5, 5.41) is 13.3. The first-order valence-corrected chi connectivity index (χ1v) is 10.1. The number of nitrogens with one attached hydrogen (secondary N) is 1. The Kier molecular flexibility index (Phi) is 11.2. The van der Waals surface area contributed by atoms with Crippen LogP contribution in [0.3, 0.4) is 0 Å². The van der Waals surface area contributed by atoms with E-state index in [0.717, 1.165) is 17.9 Å². The maximum Gasteiger partial charge on any atom is 0.122 e. The fraction of sp³-hybridized carbons (Fsp3) is 0.684. The molecule has 0 aromatic heterocycles. The van der Waals surface area contributed by atoms with Gasteiger partial charge >= 0.3 is 0 Å². The molecule has 0 heterocycles. The lowest BCUT2D eigenvalue weighted by Crippen LogP contribution is -2.32. The van der Waals surface area contributed by atoms with E-state index >= 15 is 0 Å². The Hall–Kier alpha value is -0.710. The smallest absolute Gasteiger partial charge is 0.122 e. The van der Waals surface area contributed by atoms with E-state index < -0.39 is 6.10 Å². The third-order valence-corrected chi connectivity index (χ3v) is 4.63. The van der Waals surface area contributed by atoms with Gasteiger partial charge < -0.3 is 15.2 Å². The van der Waals surface area contributed by atoms with Gasteiger partial charge in [-0.3, -0.25) is 0 Å². The number of unbranched alkanes of at least 4 members (excludes halogenated alkanes) is 5. The summed E-state index contributed by atoms with van der Waals surface area (Å²) < 4.78 is 5.72. The summed E-state index contributed by atoms with van der Waals surface area (Å²) in [4.78, 5) is 1.23. The Morgan fingerprint density at radius 2 is 1.91 bits per heavy atom. The number of rotatable bonds is 13. The maximum absolute atomic E-state index is 9.98. The zero-order valence-corrected chi connectivity index (χ0v) is 15.8. The number of aliphatic hydroxyl groups excluding tert-OH is 1. The molecule has 0 bridgehead atoms. The molecule has 0 spiro atoms. The predicted molar refractivity (Wildman–Crippen MR) is 101 cm³/mol. The summed E-state index contributed by atoms with van der Waals surface area (Å²) >= 11 is 1.72. The van der Waals surface area contributed by atoms with Crippen LogP contribution >= 0.6 is 11.8 Å². The van der Waals surface area contributed by atoms with Gasteiger partial charge in [-0.05, 0) is 49.9 Å². The largest absolute Gasteiger partial charge is 0.491 e. The van der Waals surface area contributed by atoms with Crippen molar-refractivity contribution >= 4 is 11.8 Å². The highest BCUT2D eigenvalue weighted by Gasteiger charge is 2.07. The van der Waals surface area contributed by atoms with Crippen molar-refractivity contribution in [1.29, 1.82) is 0 Å². The molecule has 1 atom stereocenters. The van der Waals surface area contributed by atoms with Crippen molar-refractivity contribution in [2.24, 2.45) is 0 Å². The minimum Gasteiger partial charge on any atom is -0.491 e. The first-order valence-electron chi connectivity index (χ1n) is 8.83. The summed E-state index contributed by atoms with van der Waals surface area (Å²) in [6, 6.07) is 6.15. The van der Waals surface area contributed by atoms with Gasteiger partial charge in [0, 0.05) is 11.4 Å². The van der Waals surface area contributed by atoms with E-state index in [2.05, 4.69) is 30.6 Å². The van der Waals surface area contributed by atoms with Gasteiger partial charge in [0.05, 0.1) is 0 Å². The summed E-state index contributed by atoms with van der Waals surface area (Å²) in [7, 11) is 0. The van der Waals surface area contributed by atoms with Gasteiger partial charge in [-0.1, -0.05) is 39.0 Å². The number of hydrogen-bond acceptors (Lipinski definition) is 4. The third kappa shape index (κ3) is 9.23. The van der Waals surface area contributed by atoms with Gasteiger partial charge in [0.1, 0.15) is 18.5 Å². The highest BCUT2D eigenvalue weighted by molar-refractivity contribution is 7.98. The molecule has 0 aliphatic carbocycles. The Morgan fingerprint density at radius 3 is 2.61 bits per heavy atom. The lowest BCUT2D eigenvalue weighted by Gasteiger charge is -2.15. The summed E-state index contributed by atoms with van der Waals surface area (Å²) in [6.07, 6.45) is 9.38.